The van der Waals surface area contributed by atoms with Crippen LogP contribution in [0, 0.1) is 0 Å². The highest BCUT2D eigenvalue weighted by molar-refractivity contribution is 7.18. The predicted molar refractivity (Wildman–Crippen MR) is 93.3 cm³/mol. The second-order valence-corrected chi connectivity index (χ2v) is 6.13. The molecule has 4 rings (SSSR count). The maximum Gasteiger partial charge on any atom is 0.294 e. The summed E-state index contributed by atoms with van der Waals surface area (Å²) in [6, 6.07) is 5.81. The van der Waals surface area contributed by atoms with Gasteiger partial charge >= 0.3 is 0 Å². The molecule has 0 radical (unpaired) electrons. The second-order valence-electron chi connectivity index (χ2n) is 5.21. The van der Waals surface area contributed by atoms with E-state index in [-0.39, 0.29) is 6.79 Å². The van der Waals surface area contributed by atoms with Crippen LogP contribution in [-0.2, 0) is 4.74 Å². The molecule has 122 valence electrons. The van der Waals surface area contributed by atoms with Crippen LogP contribution in [0.3, 0.4) is 0 Å². The number of ether oxygens (including phenoxy) is 3. The topological polar surface area (TPSA) is 71.0 Å². The average Bonchev–Trinajstić information content (AvgIpc) is 3.25. The molecule has 0 fully saturated rings. The number of methoxy groups -OCH3 is 2. The molecule has 24 heavy (non-hydrogen) atoms. The number of rotatable bonds is 5. The third kappa shape index (κ3) is 2.42. The van der Waals surface area contributed by atoms with Crippen LogP contribution in [0.5, 0.6) is 10.9 Å². The summed E-state index contributed by atoms with van der Waals surface area (Å²) in [7, 11) is 5.16. The molecule has 0 spiro atoms. The molecule has 0 amide bonds. The van der Waals surface area contributed by atoms with Crippen LogP contribution in [0.1, 0.15) is 0 Å². The molecule has 9 heteroatoms. The van der Waals surface area contributed by atoms with Crippen molar-refractivity contribution in [1.82, 2.24) is 14.6 Å². The first-order chi connectivity index (χ1) is 11.7. The van der Waals surface area contributed by atoms with Crippen LogP contribution in [0.25, 0.3) is 27.4 Å². The van der Waals surface area contributed by atoms with Crippen molar-refractivity contribution >= 4 is 40.6 Å². The Kier molecular flexibility index (Phi) is 3.66. The summed E-state index contributed by atoms with van der Waals surface area (Å²) < 4.78 is 23.4. The maximum atomic E-state index is 5.93. The lowest BCUT2D eigenvalue weighted by atomic mass is 9.93. The van der Waals surface area contributed by atoms with Gasteiger partial charge in [-0.15, -0.1) is 5.10 Å². The van der Waals surface area contributed by atoms with Crippen LogP contribution in [0.2, 0.25) is 0 Å². The van der Waals surface area contributed by atoms with Gasteiger partial charge in [-0.3, -0.25) is 0 Å². The Balaban J connectivity index is 1.79. The average molecular weight is 343 g/mol. The second kappa shape index (κ2) is 5.84. The molecule has 0 aliphatic heterocycles. The summed E-state index contributed by atoms with van der Waals surface area (Å²) in [5.74, 6) is 1.42. The lowest BCUT2D eigenvalue weighted by molar-refractivity contribution is 0.0529. The van der Waals surface area contributed by atoms with Gasteiger partial charge in [0.25, 0.3) is 5.19 Å². The summed E-state index contributed by atoms with van der Waals surface area (Å²) in [5, 5.41) is 5.73. The van der Waals surface area contributed by atoms with E-state index in [4.69, 9.17) is 18.6 Å². The van der Waals surface area contributed by atoms with Gasteiger partial charge in [-0.2, -0.15) is 0 Å². The number of hydrogen-bond donors (Lipinski definition) is 0. The molecule has 3 heterocycles. The monoisotopic (exact) mass is 343 g/mol. The number of benzene rings is 1. The molecule has 0 unspecified atom stereocenters. The number of hydrogen-bond acceptors (Lipinski definition) is 7. The molecule has 0 aliphatic carbocycles. The van der Waals surface area contributed by atoms with Crippen LogP contribution in [-0.4, -0.2) is 43.5 Å². The molecule has 0 aliphatic rings. The molecule has 0 atom stereocenters. The van der Waals surface area contributed by atoms with Gasteiger partial charge in [0, 0.05) is 7.11 Å². The van der Waals surface area contributed by atoms with Crippen molar-refractivity contribution < 1.29 is 18.6 Å². The SMILES string of the molecule is Bc1ccc2oc(-c3cn4nc(OC)sc4n3)cc2c1OCOC. The Morgan fingerprint density at radius 3 is 2.96 bits per heavy atom. The molecule has 0 saturated heterocycles. The first-order valence-electron chi connectivity index (χ1n) is 7.25. The Labute approximate surface area is 142 Å². The lowest BCUT2D eigenvalue weighted by Crippen LogP contribution is -2.10. The van der Waals surface area contributed by atoms with E-state index < -0.39 is 0 Å². The zero-order valence-electron chi connectivity index (χ0n) is 13.4. The Hall–Kier alpha value is -2.52. The summed E-state index contributed by atoms with van der Waals surface area (Å²) in [6.45, 7) is 0.185. The van der Waals surface area contributed by atoms with E-state index in [0.717, 1.165) is 27.1 Å². The molecule has 7 nitrogen and oxygen atoms in total. The van der Waals surface area contributed by atoms with Crippen molar-refractivity contribution in [3.05, 3.63) is 24.4 Å². The lowest BCUT2D eigenvalue weighted by Gasteiger charge is -2.08. The van der Waals surface area contributed by atoms with Crippen molar-refractivity contribution in [1.29, 1.82) is 0 Å². The normalized spacial score (nSPS) is 11.4. The highest BCUT2D eigenvalue weighted by Gasteiger charge is 2.16. The number of fused-ring (bicyclic) bond motifs is 2. The zero-order valence-corrected chi connectivity index (χ0v) is 14.2. The molecule has 0 bridgehead atoms. The standard InChI is InChI=1S/C15H14BN3O4S/c1-20-7-22-13-8-5-12(23-11(8)4-3-9(13)16)10-6-19-14(17-10)24-15(18-19)21-2/h3-6H,7,16H2,1-2H3. The predicted octanol–water partition coefficient (Wildman–Crippen LogP) is 1.45. The third-order valence-corrected chi connectivity index (χ3v) is 4.50. The third-order valence-electron chi connectivity index (χ3n) is 3.62. The number of aromatic nitrogens is 3. The Bertz CT molecular complexity index is 991. The van der Waals surface area contributed by atoms with Crippen molar-refractivity contribution in [3.63, 3.8) is 0 Å². The minimum Gasteiger partial charge on any atom is -0.472 e. The van der Waals surface area contributed by atoms with Gasteiger partial charge in [0.1, 0.15) is 24.9 Å². The zero-order chi connectivity index (χ0) is 16.7. The van der Waals surface area contributed by atoms with E-state index in [0.29, 0.717) is 16.6 Å². The summed E-state index contributed by atoms with van der Waals surface area (Å²) >= 11 is 1.37. The fourth-order valence-corrected chi connectivity index (χ4v) is 3.21. The van der Waals surface area contributed by atoms with E-state index in [2.05, 4.69) is 10.1 Å². The Morgan fingerprint density at radius 2 is 2.21 bits per heavy atom. The first-order valence-corrected chi connectivity index (χ1v) is 8.06. The number of nitrogens with zero attached hydrogens (tertiary/aromatic N) is 3. The van der Waals surface area contributed by atoms with Crippen molar-refractivity contribution in [2.45, 2.75) is 0 Å². The minimum absolute atomic E-state index is 0.185. The van der Waals surface area contributed by atoms with Gasteiger partial charge in [-0.25, -0.2) is 9.50 Å². The van der Waals surface area contributed by atoms with E-state index in [1.807, 2.05) is 32.2 Å². The first kappa shape index (κ1) is 15.0. The molecular formula is C15H14BN3O4S. The molecule has 3 aromatic heterocycles. The Morgan fingerprint density at radius 1 is 1.33 bits per heavy atom. The van der Waals surface area contributed by atoms with Crippen LogP contribution in [0.4, 0.5) is 0 Å². The van der Waals surface area contributed by atoms with E-state index in [1.54, 1.807) is 18.7 Å². The summed E-state index contributed by atoms with van der Waals surface area (Å²) in [5.41, 5.74) is 2.47. The highest BCUT2D eigenvalue weighted by Crippen LogP contribution is 2.33. The highest BCUT2D eigenvalue weighted by atomic mass is 32.1. The van der Waals surface area contributed by atoms with Crippen LogP contribution < -0.4 is 14.9 Å². The smallest absolute Gasteiger partial charge is 0.294 e. The van der Waals surface area contributed by atoms with E-state index in [1.165, 1.54) is 11.3 Å². The molecule has 0 saturated carbocycles. The van der Waals surface area contributed by atoms with Gasteiger partial charge in [0.05, 0.1) is 18.7 Å². The van der Waals surface area contributed by atoms with Gasteiger partial charge in [0.2, 0.25) is 4.96 Å². The quantitative estimate of drug-likeness (QED) is 0.404. The van der Waals surface area contributed by atoms with Crippen molar-refractivity contribution in [2.75, 3.05) is 21.0 Å². The molecule has 0 N–H and O–H groups in total. The van der Waals surface area contributed by atoms with Gasteiger partial charge in [-0.1, -0.05) is 6.07 Å². The van der Waals surface area contributed by atoms with E-state index in [9.17, 15) is 0 Å². The van der Waals surface area contributed by atoms with Gasteiger partial charge in [0.15, 0.2) is 12.6 Å². The maximum absolute atomic E-state index is 5.93. The molecule has 1 aromatic carbocycles. The fourth-order valence-electron chi connectivity index (χ4n) is 2.51. The number of furan rings is 1. The van der Waals surface area contributed by atoms with Crippen LogP contribution >= 0.6 is 11.3 Å². The summed E-state index contributed by atoms with van der Waals surface area (Å²) in [6.07, 6.45) is 1.81. The van der Waals surface area contributed by atoms with Gasteiger partial charge < -0.3 is 18.6 Å². The summed E-state index contributed by atoms with van der Waals surface area (Å²) in [4.78, 5) is 5.29. The van der Waals surface area contributed by atoms with Crippen molar-refractivity contribution in [2.24, 2.45) is 0 Å². The van der Waals surface area contributed by atoms with Crippen LogP contribution in [0.15, 0.2) is 28.8 Å². The minimum atomic E-state index is 0.185. The van der Waals surface area contributed by atoms with Gasteiger partial charge in [-0.05, 0) is 28.9 Å². The molecular weight excluding hydrogens is 329 g/mol. The number of imidazole rings is 1. The fraction of sp³-hybridized carbons (Fsp3) is 0.200. The molecule has 4 aromatic rings. The largest absolute Gasteiger partial charge is 0.472 e. The van der Waals surface area contributed by atoms with E-state index >= 15 is 0 Å². The van der Waals surface area contributed by atoms with Crippen molar-refractivity contribution in [3.8, 4) is 22.4 Å².